The van der Waals surface area contributed by atoms with Crippen molar-refractivity contribution in [2.45, 2.75) is 13.3 Å². The predicted molar refractivity (Wildman–Crippen MR) is 109 cm³/mol. The summed E-state index contributed by atoms with van der Waals surface area (Å²) in [5.74, 6) is -0.112. The molecule has 0 spiro atoms. The number of rotatable bonds is 2. The molecule has 0 saturated carbocycles. The third kappa shape index (κ3) is 3.13. The second kappa shape index (κ2) is 6.63. The van der Waals surface area contributed by atoms with E-state index in [9.17, 15) is 9.18 Å². The van der Waals surface area contributed by atoms with E-state index >= 15 is 0 Å². The number of halogens is 1. The number of aromatic nitrogens is 3. The summed E-state index contributed by atoms with van der Waals surface area (Å²) in [5, 5.41) is 0. The maximum Gasteiger partial charge on any atom is 0.258 e. The molecule has 7 heteroatoms. The van der Waals surface area contributed by atoms with Crippen LogP contribution in [0.3, 0.4) is 0 Å². The van der Waals surface area contributed by atoms with Crippen molar-refractivity contribution in [3.05, 3.63) is 70.2 Å². The van der Waals surface area contributed by atoms with Gasteiger partial charge in [-0.2, -0.15) is 0 Å². The predicted octanol–water partition coefficient (Wildman–Crippen LogP) is 3.67. The summed E-state index contributed by atoms with van der Waals surface area (Å²) in [6, 6.07) is 8.22. The molecule has 0 atom stereocenters. The van der Waals surface area contributed by atoms with E-state index in [0.29, 0.717) is 28.4 Å². The van der Waals surface area contributed by atoms with Gasteiger partial charge in [0.25, 0.3) is 5.56 Å². The molecule has 1 aliphatic rings. The van der Waals surface area contributed by atoms with Gasteiger partial charge in [0, 0.05) is 37.8 Å². The molecular formula is C22H19FN4O2. The Labute approximate surface area is 165 Å². The summed E-state index contributed by atoms with van der Waals surface area (Å²) in [7, 11) is 2.09. The summed E-state index contributed by atoms with van der Waals surface area (Å²) in [6.45, 7) is 3.55. The van der Waals surface area contributed by atoms with Crippen LogP contribution in [0.25, 0.3) is 33.6 Å². The molecule has 146 valence electrons. The molecular weight excluding hydrogens is 371 g/mol. The van der Waals surface area contributed by atoms with Gasteiger partial charge in [-0.25, -0.2) is 14.4 Å². The number of fused-ring (bicyclic) bond motifs is 2. The lowest BCUT2D eigenvalue weighted by Crippen LogP contribution is -2.24. The van der Waals surface area contributed by atoms with Crippen LogP contribution in [-0.2, 0) is 0 Å². The molecule has 4 heterocycles. The van der Waals surface area contributed by atoms with Crippen LogP contribution in [0.5, 0.6) is 0 Å². The Morgan fingerprint density at radius 1 is 1.14 bits per heavy atom. The van der Waals surface area contributed by atoms with Gasteiger partial charge in [0.1, 0.15) is 11.2 Å². The molecule has 0 amide bonds. The first kappa shape index (κ1) is 17.8. The lowest BCUT2D eigenvalue weighted by molar-refractivity contribution is 0.370. The van der Waals surface area contributed by atoms with E-state index in [1.165, 1.54) is 22.1 Å². The first-order valence-corrected chi connectivity index (χ1v) is 9.46. The fourth-order valence-corrected chi connectivity index (χ4v) is 3.72. The van der Waals surface area contributed by atoms with Crippen LogP contribution in [0.4, 0.5) is 4.39 Å². The number of pyridine rings is 1. The lowest BCUT2D eigenvalue weighted by Gasteiger charge is -2.22. The van der Waals surface area contributed by atoms with E-state index in [1.54, 1.807) is 13.0 Å². The second-order valence-electron chi connectivity index (χ2n) is 7.40. The molecule has 0 saturated heterocycles. The zero-order valence-electron chi connectivity index (χ0n) is 16.1. The normalized spacial score (nSPS) is 15.2. The largest absolute Gasteiger partial charge is 0.441 e. The van der Waals surface area contributed by atoms with Crippen molar-refractivity contribution in [1.82, 2.24) is 19.3 Å². The molecule has 4 aromatic rings. The van der Waals surface area contributed by atoms with Crippen LogP contribution < -0.4 is 5.56 Å². The number of hydrogen-bond acceptors (Lipinski definition) is 5. The Morgan fingerprint density at radius 2 is 2.00 bits per heavy atom. The summed E-state index contributed by atoms with van der Waals surface area (Å²) >= 11 is 0. The van der Waals surface area contributed by atoms with Gasteiger partial charge in [0.05, 0.1) is 5.69 Å². The van der Waals surface area contributed by atoms with Crippen molar-refractivity contribution in [3.63, 3.8) is 0 Å². The third-order valence-corrected chi connectivity index (χ3v) is 5.29. The van der Waals surface area contributed by atoms with Gasteiger partial charge < -0.3 is 9.32 Å². The van der Waals surface area contributed by atoms with E-state index in [-0.39, 0.29) is 11.1 Å². The highest BCUT2D eigenvalue weighted by Gasteiger charge is 2.14. The van der Waals surface area contributed by atoms with Gasteiger partial charge in [-0.1, -0.05) is 6.08 Å². The number of hydrogen-bond donors (Lipinski definition) is 0. The van der Waals surface area contributed by atoms with Crippen LogP contribution in [0, 0.1) is 12.7 Å². The van der Waals surface area contributed by atoms with Gasteiger partial charge in [0.15, 0.2) is 17.3 Å². The highest BCUT2D eigenvalue weighted by molar-refractivity contribution is 5.80. The Morgan fingerprint density at radius 3 is 2.79 bits per heavy atom. The maximum absolute atomic E-state index is 14.4. The van der Waals surface area contributed by atoms with E-state index in [1.807, 2.05) is 18.3 Å². The number of benzene rings is 1. The van der Waals surface area contributed by atoms with Gasteiger partial charge >= 0.3 is 0 Å². The van der Waals surface area contributed by atoms with Crippen molar-refractivity contribution >= 4 is 22.3 Å². The molecule has 0 bridgehead atoms. The van der Waals surface area contributed by atoms with E-state index in [0.717, 1.165) is 25.1 Å². The molecule has 5 rings (SSSR count). The summed E-state index contributed by atoms with van der Waals surface area (Å²) in [5.41, 5.74) is 3.95. The molecule has 29 heavy (non-hydrogen) atoms. The standard InChI is InChI=1S/C22H19FN4O2/c1-13-24-22-17(23)9-16(10-19(22)29-13)18-11-21(28)27-12-15(3-4-20(27)25-18)14-5-7-26(2)8-6-14/h3-5,9-12H,6-8H2,1-2H3. The minimum atomic E-state index is -0.499. The monoisotopic (exact) mass is 390 g/mol. The molecule has 0 unspecified atom stereocenters. The second-order valence-corrected chi connectivity index (χ2v) is 7.40. The Bertz CT molecular complexity index is 1350. The minimum absolute atomic E-state index is 0.180. The van der Waals surface area contributed by atoms with E-state index < -0.39 is 5.82 Å². The van der Waals surface area contributed by atoms with Crippen LogP contribution in [0.1, 0.15) is 17.9 Å². The molecule has 0 aliphatic carbocycles. The van der Waals surface area contributed by atoms with Crippen LogP contribution in [0.15, 0.2) is 51.8 Å². The van der Waals surface area contributed by atoms with Crippen molar-refractivity contribution in [2.75, 3.05) is 20.1 Å². The first-order chi connectivity index (χ1) is 14.0. The van der Waals surface area contributed by atoms with Crippen molar-refractivity contribution < 1.29 is 8.81 Å². The van der Waals surface area contributed by atoms with Crippen LogP contribution >= 0.6 is 0 Å². The summed E-state index contributed by atoms with van der Waals surface area (Å²) in [4.78, 5) is 23.6. The fourth-order valence-electron chi connectivity index (χ4n) is 3.72. The zero-order valence-corrected chi connectivity index (χ0v) is 16.1. The van der Waals surface area contributed by atoms with Gasteiger partial charge in [0.2, 0.25) is 0 Å². The Hall–Kier alpha value is -3.32. The SMILES string of the molecule is Cc1nc2c(F)cc(-c3cc(=O)n4cc(C5=CCN(C)CC5)ccc4n3)cc2o1. The summed E-state index contributed by atoms with van der Waals surface area (Å²) < 4.78 is 21.4. The Kier molecular flexibility index (Phi) is 4.06. The number of nitrogens with zero attached hydrogens (tertiary/aromatic N) is 4. The average Bonchev–Trinajstić information content (AvgIpc) is 3.09. The molecule has 0 radical (unpaired) electrons. The third-order valence-electron chi connectivity index (χ3n) is 5.29. The van der Waals surface area contributed by atoms with Gasteiger partial charge in [-0.05, 0) is 48.9 Å². The number of oxazole rings is 1. The molecule has 0 fully saturated rings. The molecule has 6 nitrogen and oxygen atoms in total. The number of aryl methyl sites for hydroxylation is 1. The van der Waals surface area contributed by atoms with Crippen LogP contribution in [-0.4, -0.2) is 39.4 Å². The molecule has 1 aliphatic heterocycles. The fraction of sp³-hybridized carbons (Fsp3) is 0.227. The van der Waals surface area contributed by atoms with Gasteiger partial charge in [-0.15, -0.1) is 0 Å². The Balaban J connectivity index is 1.60. The van der Waals surface area contributed by atoms with Crippen molar-refractivity contribution in [1.29, 1.82) is 0 Å². The lowest BCUT2D eigenvalue weighted by atomic mass is 10.0. The summed E-state index contributed by atoms with van der Waals surface area (Å²) in [6.07, 6.45) is 4.96. The smallest absolute Gasteiger partial charge is 0.258 e. The number of likely N-dealkylation sites (N-methyl/N-ethyl adjacent to an activating group) is 1. The highest BCUT2D eigenvalue weighted by Crippen LogP contribution is 2.27. The molecule has 3 aromatic heterocycles. The van der Waals surface area contributed by atoms with Gasteiger partial charge in [-0.3, -0.25) is 9.20 Å². The van der Waals surface area contributed by atoms with Crippen molar-refractivity contribution in [2.24, 2.45) is 0 Å². The first-order valence-electron chi connectivity index (χ1n) is 9.46. The topological polar surface area (TPSA) is 63.6 Å². The van der Waals surface area contributed by atoms with E-state index in [4.69, 9.17) is 4.42 Å². The molecule has 0 N–H and O–H groups in total. The molecule has 1 aromatic carbocycles. The van der Waals surface area contributed by atoms with Crippen LogP contribution in [0.2, 0.25) is 0 Å². The zero-order chi connectivity index (χ0) is 20.1. The maximum atomic E-state index is 14.4. The van der Waals surface area contributed by atoms with E-state index in [2.05, 4.69) is 28.0 Å². The van der Waals surface area contributed by atoms with Crippen molar-refractivity contribution in [3.8, 4) is 11.3 Å². The highest BCUT2D eigenvalue weighted by atomic mass is 19.1. The average molecular weight is 390 g/mol. The quantitative estimate of drug-likeness (QED) is 0.523. The minimum Gasteiger partial charge on any atom is -0.441 e.